The summed E-state index contributed by atoms with van der Waals surface area (Å²) in [6, 6.07) is -0.196. The normalized spacial score (nSPS) is 27.2. The van der Waals surface area contributed by atoms with E-state index < -0.39 is 0 Å². The molecule has 0 saturated carbocycles. The third kappa shape index (κ3) is 1.44. The van der Waals surface area contributed by atoms with Gasteiger partial charge in [0.25, 0.3) is 0 Å². The van der Waals surface area contributed by atoms with Crippen LogP contribution in [-0.2, 0) is 9.59 Å². The van der Waals surface area contributed by atoms with Crippen LogP contribution in [0, 0.1) is 0 Å². The zero-order valence-electron chi connectivity index (χ0n) is 7.04. The molecule has 64 valence electrons. The van der Waals surface area contributed by atoms with Crippen LogP contribution >= 0.6 is 0 Å². The number of carbonyl (C=O) groups is 2. The van der Waals surface area contributed by atoms with Gasteiger partial charge in [-0.25, -0.2) is 0 Å². The van der Waals surface area contributed by atoms with Crippen molar-refractivity contribution in [1.29, 1.82) is 0 Å². The van der Waals surface area contributed by atoms with Gasteiger partial charge in [0.1, 0.15) is 7.85 Å². The number of rotatable bonds is 0. The maximum absolute atomic E-state index is 11.3. The Morgan fingerprint density at radius 3 is 2.92 bits per heavy atom. The number of amides is 1. The molecule has 1 fully saturated rings. The van der Waals surface area contributed by atoms with E-state index in [1.165, 1.54) is 0 Å². The fourth-order valence-electron chi connectivity index (χ4n) is 1.64. The van der Waals surface area contributed by atoms with E-state index in [0.717, 1.165) is 0 Å². The SMILES string of the molecule is [B]C1=CC=C2C(=O)CC(=O)NC2C1. The molecule has 1 aliphatic heterocycles. The summed E-state index contributed by atoms with van der Waals surface area (Å²) in [7, 11) is 5.59. The first-order valence-electron chi connectivity index (χ1n) is 4.15. The van der Waals surface area contributed by atoms with Crippen LogP contribution in [0.15, 0.2) is 23.2 Å². The van der Waals surface area contributed by atoms with Crippen molar-refractivity contribution in [1.82, 2.24) is 5.32 Å². The number of allylic oxidation sites excluding steroid dienone is 2. The van der Waals surface area contributed by atoms with Gasteiger partial charge in [0.2, 0.25) is 5.91 Å². The van der Waals surface area contributed by atoms with Crippen molar-refractivity contribution in [3.05, 3.63) is 23.2 Å². The molecule has 0 aromatic heterocycles. The number of hydrogen-bond acceptors (Lipinski definition) is 2. The molecule has 0 spiro atoms. The summed E-state index contributed by atoms with van der Waals surface area (Å²) < 4.78 is 0. The minimum absolute atomic E-state index is 0.0317. The molecule has 13 heavy (non-hydrogen) atoms. The molecule has 2 aliphatic rings. The number of Topliss-reactive ketones (excluding diaryl/α,β-unsaturated/α-hetero) is 1. The second-order valence-corrected chi connectivity index (χ2v) is 3.29. The molecule has 0 bridgehead atoms. The first kappa shape index (κ1) is 8.29. The Kier molecular flexibility index (Phi) is 1.83. The van der Waals surface area contributed by atoms with Gasteiger partial charge in [-0.2, -0.15) is 0 Å². The highest BCUT2D eigenvalue weighted by atomic mass is 16.2. The predicted octanol–water partition coefficient (Wildman–Crippen LogP) is -0.173. The molecule has 2 radical (unpaired) electrons. The van der Waals surface area contributed by atoms with Crippen LogP contribution in [-0.4, -0.2) is 25.6 Å². The molecule has 4 heteroatoms. The highest BCUT2D eigenvalue weighted by molar-refractivity contribution is 6.22. The Hall–Kier alpha value is -1.32. The molecule has 1 unspecified atom stereocenters. The van der Waals surface area contributed by atoms with Gasteiger partial charge < -0.3 is 5.32 Å². The maximum atomic E-state index is 11.3. The number of carbonyl (C=O) groups excluding carboxylic acids is 2. The minimum atomic E-state index is -0.207. The molecule has 1 N–H and O–H groups in total. The quantitative estimate of drug-likeness (QED) is 0.408. The molecular formula is C9H8BNO2. The lowest BCUT2D eigenvalue weighted by Gasteiger charge is -2.28. The lowest BCUT2D eigenvalue weighted by atomic mass is 9.80. The van der Waals surface area contributed by atoms with E-state index in [0.29, 0.717) is 17.5 Å². The first-order valence-corrected chi connectivity index (χ1v) is 4.15. The molecule has 0 aromatic carbocycles. The lowest BCUT2D eigenvalue weighted by Crippen LogP contribution is -2.45. The van der Waals surface area contributed by atoms with Crippen molar-refractivity contribution >= 4 is 19.5 Å². The summed E-state index contributed by atoms with van der Waals surface area (Å²) >= 11 is 0. The number of ketones is 1. The van der Waals surface area contributed by atoms with Crippen molar-refractivity contribution in [2.24, 2.45) is 0 Å². The summed E-state index contributed by atoms with van der Waals surface area (Å²) in [5.74, 6) is -0.292. The second kappa shape index (κ2) is 2.87. The Labute approximate surface area is 77.3 Å². The Morgan fingerprint density at radius 1 is 1.38 bits per heavy atom. The number of nitrogens with one attached hydrogen (secondary N) is 1. The van der Waals surface area contributed by atoms with Crippen molar-refractivity contribution in [3.63, 3.8) is 0 Å². The molecule has 3 nitrogen and oxygen atoms in total. The van der Waals surface area contributed by atoms with Crippen molar-refractivity contribution in [2.45, 2.75) is 18.9 Å². The van der Waals surface area contributed by atoms with E-state index in [1.807, 2.05) is 0 Å². The van der Waals surface area contributed by atoms with Gasteiger partial charge in [-0.1, -0.05) is 12.2 Å². The monoisotopic (exact) mass is 173 g/mol. The molecule has 0 aromatic rings. The van der Waals surface area contributed by atoms with E-state index in [2.05, 4.69) is 5.32 Å². The lowest BCUT2D eigenvalue weighted by molar-refractivity contribution is -0.129. The molecular weight excluding hydrogens is 165 g/mol. The molecule has 1 atom stereocenters. The molecule has 1 saturated heterocycles. The minimum Gasteiger partial charge on any atom is -0.348 e. The van der Waals surface area contributed by atoms with E-state index in [9.17, 15) is 9.59 Å². The molecule has 1 amide bonds. The zero-order chi connectivity index (χ0) is 9.42. The zero-order valence-corrected chi connectivity index (χ0v) is 7.04. The average Bonchev–Trinajstić information content (AvgIpc) is 2.02. The van der Waals surface area contributed by atoms with Gasteiger partial charge >= 0.3 is 0 Å². The molecule has 1 aliphatic carbocycles. The first-order chi connectivity index (χ1) is 6.16. The summed E-state index contributed by atoms with van der Waals surface area (Å²) in [5, 5.41) is 2.73. The summed E-state index contributed by atoms with van der Waals surface area (Å²) in [5.41, 5.74) is 1.37. The van der Waals surface area contributed by atoms with Crippen LogP contribution in [0.2, 0.25) is 0 Å². The van der Waals surface area contributed by atoms with Crippen LogP contribution in [0.5, 0.6) is 0 Å². The third-order valence-electron chi connectivity index (χ3n) is 2.27. The van der Waals surface area contributed by atoms with E-state index in [4.69, 9.17) is 7.85 Å². The van der Waals surface area contributed by atoms with Gasteiger partial charge in [-0.05, 0) is 6.42 Å². The van der Waals surface area contributed by atoms with Gasteiger partial charge in [0.15, 0.2) is 5.78 Å². The third-order valence-corrected chi connectivity index (χ3v) is 2.27. The maximum Gasteiger partial charge on any atom is 0.228 e. The van der Waals surface area contributed by atoms with Gasteiger partial charge in [0.05, 0.1) is 12.5 Å². The van der Waals surface area contributed by atoms with Crippen LogP contribution < -0.4 is 5.32 Å². The summed E-state index contributed by atoms with van der Waals surface area (Å²) in [4.78, 5) is 22.4. The highest BCUT2D eigenvalue weighted by Gasteiger charge is 2.30. The topological polar surface area (TPSA) is 46.2 Å². The molecule has 2 rings (SSSR count). The largest absolute Gasteiger partial charge is 0.348 e. The summed E-state index contributed by atoms with van der Waals surface area (Å²) in [6.07, 6.45) is 3.94. The van der Waals surface area contributed by atoms with Gasteiger partial charge in [-0.15, -0.1) is 5.47 Å². The average molecular weight is 173 g/mol. The smallest absolute Gasteiger partial charge is 0.228 e. The Bertz CT molecular complexity index is 342. The second-order valence-electron chi connectivity index (χ2n) is 3.29. The van der Waals surface area contributed by atoms with Crippen LogP contribution in [0.3, 0.4) is 0 Å². The summed E-state index contributed by atoms with van der Waals surface area (Å²) in [6.45, 7) is 0. The van der Waals surface area contributed by atoms with Crippen molar-refractivity contribution in [3.8, 4) is 0 Å². The fraction of sp³-hybridized carbons (Fsp3) is 0.333. The van der Waals surface area contributed by atoms with E-state index in [-0.39, 0.29) is 24.2 Å². The Morgan fingerprint density at radius 2 is 2.15 bits per heavy atom. The van der Waals surface area contributed by atoms with Gasteiger partial charge in [0, 0.05) is 5.57 Å². The van der Waals surface area contributed by atoms with Gasteiger partial charge in [-0.3, -0.25) is 9.59 Å². The molecule has 1 heterocycles. The van der Waals surface area contributed by atoms with Crippen LogP contribution in [0.1, 0.15) is 12.8 Å². The number of fused-ring (bicyclic) bond motifs is 1. The number of hydrogen-bond donors (Lipinski definition) is 1. The fourth-order valence-corrected chi connectivity index (χ4v) is 1.64. The van der Waals surface area contributed by atoms with Crippen molar-refractivity contribution in [2.75, 3.05) is 0 Å². The van der Waals surface area contributed by atoms with Crippen LogP contribution in [0.4, 0.5) is 0 Å². The van der Waals surface area contributed by atoms with E-state index >= 15 is 0 Å². The Balaban J connectivity index is 2.31. The van der Waals surface area contributed by atoms with Crippen LogP contribution in [0.25, 0.3) is 0 Å². The number of piperidine rings is 1. The van der Waals surface area contributed by atoms with E-state index in [1.54, 1.807) is 12.2 Å². The standard InChI is InChI=1S/C9H8BNO2/c10-5-1-2-6-7(3-5)11-9(13)4-8(6)12/h1-2,7H,3-4H2,(H,11,13). The van der Waals surface area contributed by atoms with Crippen molar-refractivity contribution < 1.29 is 9.59 Å². The predicted molar refractivity (Wildman–Crippen MR) is 48.1 cm³/mol. The highest BCUT2D eigenvalue weighted by Crippen LogP contribution is 2.22.